The fourth-order valence-corrected chi connectivity index (χ4v) is 3.74. The highest BCUT2D eigenvalue weighted by Gasteiger charge is 2.35. The standard InChI is InChI=1S/C16H14ClNO2S/c1-20-14-8-7-12(17)9-13(14)18-15(19)10-21-16(18)11-5-3-2-4-6-11/h2-9,16H,10H2,1H3. The van der Waals surface area contributed by atoms with Crippen molar-refractivity contribution in [2.24, 2.45) is 0 Å². The van der Waals surface area contributed by atoms with Crippen molar-refractivity contribution in [3.63, 3.8) is 0 Å². The number of ether oxygens (including phenoxy) is 1. The Balaban J connectivity index is 2.06. The van der Waals surface area contributed by atoms with Gasteiger partial charge in [-0.2, -0.15) is 0 Å². The second-order valence-corrected chi connectivity index (χ2v) is 6.16. The van der Waals surface area contributed by atoms with E-state index in [1.807, 2.05) is 30.3 Å². The van der Waals surface area contributed by atoms with Crippen molar-refractivity contribution >= 4 is 35.0 Å². The van der Waals surface area contributed by atoms with E-state index in [0.717, 1.165) is 5.56 Å². The van der Waals surface area contributed by atoms with Gasteiger partial charge in [0.05, 0.1) is 18.6 Å². The highest BCUT2D eigenvalue weighted by atomic mass is 35.5. The lowest BCUT2D eigenvalue weighted by Gasteiger charge is -2.26. The van der Waals surface area contributed by atoms with Crippen molar-refractivity contribution in [1.29, 1.82) is 0 Å². The molecule has 1 aliphatic heterocycles. The Morgan fingerprint density at radius 3 is 2.71 bits per heavy atom. The molecule has 0 N–H and O–H groups in total. The third kappa shape index (κ3) is 2.74. The Hall–Kier alpha value is -1.65. The molecule has 3 rings (SSSR count). The summed E-state index contributed by atoms with van der Waals surface area (Å²) >= 11 is 7.70. The van der Waals surface area contributed by atoms with Crippen molar-refractivity contribution in [2.75, 3.05) is 17.8 Å². The van der Waals surface area contributed by atoms with E-state index < -0.39 is 0 Å². The first-order valence-corrected chi connectivity index (χ1v) is 7.95. The summed E-state index contributed by atoms with van der Waals surface area (Å²) in [6.07, 6.45) is 0. The summed E-state index contributed by atoms with van der Waals surface area (Å²) in [6.45, 7) is 0. The molecule has 2 aromatic carbocycles. The van der Waals surface area contributed by atoms with Crippen molar-refractivity contribution in [3.05, 3.63) is 59.1 Å². The van der Waals surface area contributed by atoms with E-state index in [4.69, 9.17) is 16.3 Å². The first kappa shape index (κ1) is 14.3. The minimum Gasteiger partial charge on any atom is -0.495 e. The fraction of sp³-hybridized carbons (Fsp3) is 0.188. The summed E-state index contributed by atoms with van der Waals surface area (Å²) in [5.41, 5.74) is 1.81. The summed E-state index contributed by atoms with van der Waals surface area (Å²) in [6, 6.07) is 15.3. The minimum absolute atomic E-state index is 0.0499. The molecule has 1 heterocycles. The summed E-state index contributed by atoms with van der Waals surface area (Å²) in [4.78, 5) is 14.1. The van der Waals surface area contributed by atoms with Gasteiger partial charge < -0.3 is 4.74 Å². The highest BCUT2D eigenvalue weighted by molar-refractivity contribution is 8.00. The number of anilines is 1. The predicted octanol–water partition coefficient (Wildman–Crippen LogP) is 4.13. The van der Waals surface area contributed by atoms with Crippen LogP contribution in [0.25, 0.3) is 0 Å². The van der Waals surface area contributed by atoms with Crippen LogP contribution in [0.4, 0.5) is 5.69 Å². The Morgan fingerprint density at radius 1 is 1.24 bits per heavy atom. The van der Waals surface area contributed by atoms with Crippen LogP contribution < -0.4 is 9.64 Å². The molecule has 2 aromatic rings. The minimum atomic E-state index is -0.0499. The van der Waals surface area contributed by atoms with Gasteiger partial charge in [0.15, 0.2) is 0 Å². The maximum atomic E-state index is 12.3. The Labute approximate surface area is 132 Å². The molecule has 1 fully saturated rings. The van der Waals surface area contributed by atoms with E-state index in [0.29, 0.717) is 22.2 Å². The molecule has 0 aromatic heterocycles. The summed E-state index contributed by atoms with van der Waals surface area (Å²) in [5, 5.41) is 0.536. The van der Waals surface area contributed by atoms with Crippen LogP contribution in [-0.4, -0.2) is 18.8 Å². The molecular weight excluding hydrogens is 306 g/mol. The third-order valence-corrected chi connectivity index (χ3v) is 4.80. The number of nitrogens with zero attached hydrogens (tertiary/aromatic N) is 1. The van der Waals surface area contributed by atoms with Gasteiger partial charge in [0.1, 0.15) is 11.1 Å². The zero-order valence-corrected chi connectivity index (χ0v) is 13.0. The van der Waals surface area contributed by atoms with Gasteiger partial charge in [-0.05, 0) is 23.8 Å². The first-order valence-electron chi connectivity index (χ1n) is 6.53. The fourth-order valence-electron chi connectivity index (χ4n) is 2.40. The lowest BCUT2D eigenvalue weighted by atomic mass is 10.2. The van der Waals surface area contributed by atoms with E-state index in [1.54, 1.807) is 42.0 Å². The maximum Gasteiger partial charge on any atom is 0.238 e. The Morgan fingerprint density at radius 2 is 2.00 bits per heavy atom. The van der Waals surface area contributed by atoms with Crippen LogP contribution in [0.3, 0.4) is 0 Å². The molecule has 1 saturated heterocycles. The number of halogens is 1. The molecule has 5 heteroatoms. The van der Waals surface area contributed by atoms with Gasteiger partial charge in [-0.1, -0.05) is 41.9 Å². The summed E-state index contributed by atoms with van der Waals surface area (Å²) < 4.78 is 5.38. The average Bonchev–Trinajstić information content (AvgIpc) is 2.89. The van der Waals surface area contributed by atoms with Crippen molar-refractivity contribution < 1.29 is 9.53 Å². The molecule has 0 spiro atoms. The van der Waals surface area contributed by atoms with Crippen LogP contribution in [-0.2, 0) is 4.79 Å². The van der Waals surface area contributed by atoms with E-state index in [1.165, 1.54) is 0 Å². The summed E-state index contributed by atoms with van der Waals surface area (Å²) in [7, 11) is 1.60. The van der Waals surface area contributed by atoms with Gasteiger partial charge in [-0.25, -0.2) is 0 Å². The molecular formula is C16H14ClNO2S. The van der Waals surface area contributed by atoms with Gasteiger partial charge in [0.2, 0.25) is 5.91 Å². The zero-order chi connectivity index (χ0) is 14.8. The van der Waals surface area contributed by atoms with E-state index >= 15 is 0 Å². The van der Waals surface area contributed by atoms with Crippen LogP contribution in [0.5, 0.6) is 5.75 Å². The largest absolute Gasteiger partial charge is 0.495 e. The van der Waals surface area contributed by atoms with E-state index in [2.05, 4.69) is 0 Å². The summed E-state index contributed by atoms with van der Waals surface area (Å²) in [5.74, 6) is 1.17. The van der Waals surface area contributed by atoms with Crippen molar-refractivity contribution in [2.45, 2.75) is 5.37 Å². The first-order chi connectivity index (χ1) is 10.2. The van der Waals surface area contributed by atoms with Crippen LogP contribution in [0, 0.1) is 0 Å². The average molecular weight is 320 g/mol. The van der Waals surface area contributed by atoms with E-state index in [9.17, 15) is 4.79 Å². The smallest absolute Gasteiger partial charge is 0.238 e. The van der Waals surface area contributed by atoms with Gasteiger partial charge in [0, 0.05) is 5.02 Å². The number of amides is 1. The monoisotopic (exact) mass is 319 g/mol. The quantitative estimate of drug-likeness (QED) is 0.852. The molecule has 21 heavy (non-hydrogen) atoms. The molecule has 0 bridgehead atoms. The van der Waals surface area contributed by atoms with Crippen LogP contribution in [0.15, 0.2) is 48.5 Å². The van der Waals surface area contributed by atoms with Crippen LogP contribution in [0.1, 0.15) is 10.9 Å². The molecule has 0 radical (unpaired) electrons. The molecule has 0 aliphatic carbocycles. The number of carbonyl (C=O) groups is 1. The number of methoxy groups -OCH3 is 1. The molecule has 1 atom stereocenters. The number of hydrogen-bond donors (Lipinski definition) is 0. The van der Waals surface area contributed by atoms with Crippen molar-refractivity contribution in [1.82, 2.24) is 0 Å². The molecule has 1 amide bonds. The SMILES string of the molecule is COc1ccc(Cl)cc1N1C(=O)CSC1c1ccccc1. The molecule has 3 nitrogen and oxygen atoms in total. The van der Waals surface area contributed by atoms with Gasteiger partial charge >= 0.3 is 0 Å². The second kappa shape index (κ2) is 6.00. The topological polar surface area (TPSA) is 29.5 Å². The number of hydrogen-bond acceptors (Lipinski definition) is 3. The maximum absolute atomic E-state index is 12.3. The normalized spacial score (nSPS) is 18.1. The number of carbonyl (C=O) groups excluding carboxylic acids is 1. The Kier molecular flexibility index (Phi) is 4.08. The van der Waals surface area contributed by atoms with Gasteiger partial charge in [-0.3, -0.25) is 9.69 Å². The number of thioether (sulfide) groups is 1. The van der Waals surface area contributed by atoms with Gasteiger partial charge in [-0.15, -0.1) is 11.8 Å². The van der Waals surface area contributed by atoms with Crippen LogP contribution >= 0.6 is 23.4 Å². The lowest BCUT2D eigenvalue weighted by Crippen LogP contribution is -2.28. The molecule has 1 aliphatic rings. The number of benzene rings is 2. The predicted molar refractivity (Wildman–Crippen MR) is 87.1 cm³/mol. The Bertz CT molecular complexity index is 663. The van der Waals surface area contributed by atoms with Crippen LogP contribution in [0.2, 0.25) is 5.02 Å². The van der Waals surface area contributed by atoms with E-state index in [-0.39, 0.29) is 11.3 Å². The second-order valence-electron chi connectivity index (χ2n) is 4.65. The molecule has 1 unspecified atom stereocenters. The van der Waals surface area contributed by atoms with Crippen molar-refractivity contribution in [3.8, 4) is 5.75 Å². The lowest BCUT2D eigenvalue weighted by molar-refractivity contribution is -0.115. The number of rotatable bonds is 3. The third-order valence-electron chi connectivity index (χ3n) is 3.35. The molecule has 108 valence electrons. The van der Waals surface area contributed by atoms with Gasteiger partial charge in [0.25, 0.3) is 0 Å². The molecule has 0 saturated carbocycles. The zero-order valence-electron chi connectivity index (χ0n) is 11.5. The highest BCUT2D eigenvalue weighted by Crippen LogP contribution is 2.45.